The van der Waals surface area contributed by atoms with Gasteiger partial charge in [0.2, 0.25) is 0 Å². The van der Waals surface area contributed by atoms with Crippen molar-refractivity contribution in [2.24, 2.45) is 0 Å². The first-order valence-electron chi connectivity index (χ1n) is 5.72. The summed E-state index contributed by atoms with van der Waals surface area (Å²) in [5, 5.41) is 0.696. The van der Waals surface area contributed by atoms with Crippen molar-refractivity contribution >= 4 is 50.8 Å². The lowest BCUT2D eigenvalue weighted by Crippen LogP contribution is -1.94. The van der Waals surface area contributed by atoms with Gasteiger partial charge in [-0.05, 0) is 61.1 Å². The number of aromatic nitrogens is 2. The van der Waals surface area contributed by atoms with Gasteiger partial charge in [0.15, 0.2) is 4.77 Å². The maximum absolute atomic E-state index is 6.01. The molecule has 96 valence electrons. The third kappa shape index (κ3) is 2.36. The molecule has 1 N–H and O–H groups in total. The zero-order valence-electron chi connectivity index (χ0n) is 10.1. The van der Waals surface area contributed by atoms with Crippen molar-refractivity contribution in [1.82, 2.24) is 9.55 Å². The molecule has 0 unspecified atom stereocenters. The van der Waals surface area contributed by atoms with Gasteiger partial charge >= 0.3 is 0 Å². The average molecular weight is 354 g/mol. The Morgan fingerprint density at radius 2 is 2.00 bits per heavy atom. The minimum Gasteiger partial charge on any atom is -0.330 e. The highest BCUT2D eigenvalue weighted by molar-refractivity contribution is 9.10. The van der Waals surface area contributed by atoms with Crippen LogP contribution in [0.4, 0.5) is 0 Å². The van der Waals surface area contributed by atoms with Crippen molar-refractivity contribution in [2.75, 3.05) is 0 Å². The first-order valence-corrected chi connectivity index (χ1v) is 7.30. The predicted octanol–water partition coefficient (Wildman–Crippen LogP) is 5.41. The van der Waals surface area contributed by atoms with Crippen LogP contribution in [0, 0.1) is 11.7 Å². The van der Waals surface area contributed by atoms with Crippen molar-refractivity contribution in [3.05, 3.63) is 56.2 Å². The van der Waals surface area contributed by atoms with Crippen LogP contribution in [0.15, 0.2) is 40.9 Å². The number of hydrogen-bond donors (Lipinski definition) is 1. The number of imidazole rings is 1. The quantitative estimate of drug-likeness (QED) is 0.580. The average Bonchev–Trinajstić information content (AvgIpc) is 2.62. The van der Waals surface area contributed by atoms with Crippen molar-refractivity contribution in [1.29, 1.82) is 0 Å². The molecular formula is C14H10BrClN2S. The van der Waals surface area contributed by atoms with Gasteiger partial charge in [0.25, 0.3) is 0 Å². The van der Waals surface area contributed by atoms with E-state index in [0.717, 1.165) is 21.2 Å². The molecule has 0 aliphatic heterocycles. The predicted molar refractivity (Wildman–Crippen MR) is 85.9 cm³/mol. The topological polar surface area (TPSA) is 20.7 Å². The number of halogens is 2. The molecule has 0 spiro atoms. The summed E-state index contributed by atoms with van der Waals surface area (Å²) in [6, 6.07) is 11.9. The molecule has 0 aliphatic carbocycles. The van der Waals surface area contributed by atoms with E-state index in [1.807, 2.05) is 28.8 Å². The van der Waals surface area contributed by atoms with Crippen LogP contribution < -0.4 is 0 Å². The number of benzene rings is 2. The summed E-state index contributed by atoms with van der Waals surface area (Å²) in [6.07, 6.45) is 0. The van der Waals surface area contributed by atoms with Crippen molar-refractivity contribution < 1.29 is 0 Å². The number of nitrogens with zero attached hydrogens (tertiary/aromatic N) is 1. The Labute approximate surface area is 129 Å². The molecule has 1 heterocycles. The molecule has 3 aromatic rings. The van der Waals surface area contributed by atoms with Crippen LogP contribution in [0.1, 0.15) is 5.56 Å². The lowest BCUT2D eigenvalue weighted by atomic mass is 10.2. The zero-order chi connectivity index (χ0) is 13.6. The largest absolute Gasteiger partial charge is 0.330 e. The molecule has 0 bridgehead atoms. The first-order chi connectivity index (χ1) is 9.04. The van der Waals surface area contributed by atoms with Crippen LogP contribution in [-0.4, -0.2) is 9.55 Å². The Kier molecular flexibility index (Phi) is 3.25. The van der Waals surface area contributed by atoms with E-state index in [9.17, 15) is 0 Å². The first kappa shape index (κ1) is 12.9. The lowest BCUT2D eigenvalue weighted by Gasteiger charge is -2.07. The van der Waals surface area contributed by atoms with Crippen LogP contribution in [-0.2, 0) is 0 Å². The maximum Gasteiger partial charge on any atom is 0.182 e. The Bertz CT molecular complexity index is 815. The number of rotatable bonds is 1. The van der Waals surface area contributed by atoms with E-state index in [2.05, 4.69) is 40.0 Å². The van der Waals surface area contributed by atoms with E-state index < -0.39 is 0 Å². The summed E-state index contributed by atoms with van der Waals surface area (Å²) in [6.45, 7) is 2.06. The van der Waals surface area contributed by atoms with Gasteiger partial charge in [-0.15, -0.1) is 0 Å². The van der Waals surface area contributed by atoms with Crippen LogP contribution >= 0.6 is 39.7 Å². The minimum atomic E-state index is 0.662. The Balaban J connectivity index is 2.36. The smallest absolute Gasteiger partial charge is 0.182 e. The van der Waals surface area contributed by atoms with E-state index in [-0.39, 0.29) is 0 Å². The molecule has 0 atom stereocenters. The molecule has 0 saturated heterocycles. The van der Waals surface area contributed by atoms with Crippen molar-refractivity contribution in [2.45, 2.75) is 6.92 Å². The highest BCUT2D eigenvalue weighted by Gasteiger charge is 2.08. The van der Waals surface area contributed by atoms with Crippen molar-refractivity contribution in [3.8, 4) is 5.69 Å². The standard InChI is InChI=1S/C14H10BrClN2S/c1-8-4-9(15)6-11(5-8)18-13-3-2-10(16)7-12(13)17-14(18)19/h2-7H,1H3,(H,17,19). The van der Waals surface area contributed by atoms with E-state index in [1.54, 1.807) is 0 Å². The van der Waals surface area contributed by atoms with Crippen LogP contribution in [0.25, 0.3) is 16.7 Å². The summed E-state index contributed by atoms with van der Waals surface area (Å²) in [7, 11) is 0. The monoisotopic (exact) mass is 352 g/mol. The van der Waals surface area contributed by atoms with Crippen LogP contribution in [0.2, 0.25) is 5.02 Å². The number of fused-ring (bicyclic) bond motifs is 1. The van der Waals surface area contributed by atoms with Gasteiger partial charge in [-0.1, -0.05) is 27.5 Å². The van der Waals surface area contributed by atoms with Gasteiger partial charge in [-0.3, -0.25) is 4.57 Å². The third-order valence-corrected chi connectivity index (χ3v) is 3.91. The number of aryl methyl sites for hydroxylation is 1. The Hall–Kier alpha value is -1.10. The van der Waals surface area contributed by atoms with Crippen LogP contribution in [0.3, 0.4) is 0 Å². The third-order valence-electron chi connectivity index (χ3n) is 2.93. The van der Waals surface area contributed by atoms with E-state index in [1.165, 1.54) is 5.56 Å². The molecule has 1 aromatic heterocycles. The molecule has 0 amide bonds. The fraction of sp³-hybridized carbons (Fsp3) is 0.0714. The van der Waals surface area contributed by atoms with E-state index in [0.29, 0.717) is 9.79 Å². The second kappa shape index (κ2) is 4.78. The highest BCUT2D eigenvalue weighted by atomic mass is 79.9. The SMILES string of the molecule is Cc1cc(Br)cc(-n2c(=S)[nH]c3cc(Cl)ccc32)c1. The molecular weight excluding hydrogens is 344 g/mol. The van der Waals surface area contributed by atoms with Gasteiger partial charge in [-0.2, -0.15) is 0 Å². The number of H-pyrrole nitrogens is 1. The van der Waals surface area contributed by atoms with E-state index in [4.69, 9.17) is 23.8 Å². The summed E-state index contributed by atoms with van der Waals surface area (Å²) in [5.41, 5.74) is 4.17. The summed E-state index contributed by atoms with van der Waals surface area (Å²) in [4.78, 5) is 3.18. The van der Waals surface area contributed by atoms with Gasteiger partial charge < -0.3 is 4.98 Å². The second-order valence-electron chi connectivity index (χ2n) is 4.41. The summed E-state index contributed by atoms with van der Waals surface area (Å²) >= 11 is 14.9. The lowest BCUT2D eigenvalue weighted by molar-refractivity contribution is 1.06. The molecule has 19 heavy (non-hydrogen) atoms. The summed E-state index contributed by atoms with van der Waals surface area (Å²) < 4.78 is 3.71. The molecule has 0 aliphatic rings. The van der Waals surface area contributed by atoms with Gasteiger partial charge in [-0.25, -0.2) is 0 Å². The molecule has 5 heteroatoms. The fourth-order valence-corrected chi connectivity index (χ4v) is 3.27. The fourth-order valence-electron chi connectivity index (χ4n) is 2.19. The number of hydrogen-bond acceptors (Lipinski definition) is 1. The molecule has 0 saturated carbocycles. The summed E-state index contributed by atoms with van der Waals surface area (Å²) in [5.74, 6) is 0. The van der Waals surface area contributed by atoms with E-state index >= 15 is 0 Å². The second-order valence-corrected chi connectivity index (χ2v) is 6.15. The Morgan fingerprint density at radius 3 is 2.74 bits per heavy atom. The van der Waals surface area contributed by atoms with Gasteiger partial charge in [0.1, 0.15) is 0 Å². The molecule has 0 radical (unpaired) electrons. The number of aromatic amines is 1. The van der Waals surface area contributed by atoms with Crippen LogP contribution in [0.5, 0.6) is 0 Å². The molecule has 3 rings (SSSR count). The molecule has 2 nitrogen and oxygen atoms in total. The number of nitrogens with one attached hydrogen (secondary N) is 1. The zero-order valence-corrected chi connectivity index (χ0v) is 13.2. The Morgan fingerprint density at radius 1 is 1.21 bits per heavy atom. The van der Waals surface area contributed by atoms with Gasteiger partial charge in [0, 0.05) is 15.2 Å². The van der Waals surface area contributed by atoms with Gasteiger partial charge in [0.05, 0.1) is 11.0 Å². The normalized spacial score (nSPS) is 11.1. The minimum absolute atomic E-state index is 0.662. The maximum atomic E-state index is 6.01. The van der Waals surface area contributed by atoms with Crippen molar-refractivity contribution in [3.63, 3.8) is 0 Å². The molecule has 0 fully saturated rings. The molecule has 2 aromatic carbocycles. The highest BCUT2D eigenvalue weighted by Crippen LogP contribution is 2.25.